The Morgan fingerprint density at radius 1 is 0.571 bits per heavy atom. The van der Waals surface area contributed by atoms with Gasteiger partial charge in [0.15, 0.2) is 0 Å². The summed E-state index contributed by atoms with van der Waals surface area (Å²) in [5.74, 6) is 0. The molecule has 7 aromatic rings. The lowest BCUT2D eigenvalue weighted by molar-refractivity contribution is 1.30. The maximum absolute atomic E-state index is 6.56. The average Bonchev–Trinajstić information content (AvgIpc) is 3.37. The normalized spacial score (nSPS) is 11.5. The van der Waals surface area contributed by atoms with Gasteiger partial charge in [-0.25, -0.2) is 0 Å². The van der Waals surface area contributed by atoms with Crippen molar-refractivity contribution in [2.75, 3.05) is 10.6 Å². The zero-order chi connectivity index (χ0) is 28.5. The summed E-state index contributed by atoms with van der Waals surface area (Å²) in [7, 11) is 0. The van der Waals surface area contributed by atoms with Gasteiger partial charge < -0.3 is 10.6 Å². The molecule has 0 unspecified atom stereocenters. The first-order chi connectivity index (χ1) is 20.7. The number of hydrogen-bond donors (Lipinski definition) is 1. The van der Waals surface area contributed by atoms with Crippen LogP contribution in [0.5, 0.6) is 0 Å². The second-order valence-corrected chi connectivity index (χ2v) is 11.5. The first-order valence-electron chi connectivity index (χ1n) is 14.2. The van der Waals surface area contributed by atoms with E-state index in [0.29, 0.717) is 0 Å². The highest BCUT2D eigenvalue weighted by molar-refractivity contribution is 7.23. The third-order valence-electron chi connectivity index (χ3n) is 7.75. The average molecular weight is 559 g/mol. The van der Waals surface area contributed by atoms with Gasteiger partial charge in [-0.15, -0.1) is 11.3 Å². The van der Waals surface area contributed by atoms with Crippen LogP contribution in [0.3, 0.4) is 0 Å². The molecule has 7 rings (SSSR count). The minimum atomic E-state index is 0.835. The van der Waals surface area contributed by atoms with Crippen molar-refractivity contribution in [2.45, 2.75) is 6.92 Å². The van der Waals surface area contributed by atoms with Crippen molar-refractivity contribution in [3.8, 4) is 22.3 Å². The molecule has 0 bridgehead atoms. The van der Waals surface area contributed by atoms with Crippen molar-refractivity contribution in [3.05, 3.63) is 151 Å². The molecule has 3 heteroatoms. The monoisotopic (exact) mass is 558 g/mol. The minimum Gasteiger partial charge on any atom is -0.390 e. The Balaban J connectivity index is 1.40. The van der Waals surface area contributed by atoms with Crippen LogP contribution in [-0.4, -0.2) is 0 Å². The summed E-state index contributed by atoms with van der Waals surface area (Å²) in [4.78, 5) is 2.36. The van der Waals surface area contributed by atoms with E-state index in [2.05, 4.69) is 157 Å². The first-order valence-corrected chi connectivity index (χ1v) is 15.0. The number of rotatable bonds is 6. The van der Waals surface area contributed by atoms with Gasteiger partial charge in [-0.2, -0.15) is 0 Å². The summed E-state index contributed by atoms with van der Waals surface area (Å²) in [6.45, 7) is 2.04. The summed E-state index contributed by atoms with van der Waals surface area (Å²) in [6, 6.07) is 49.9. The molecule has 1 aromatic heterocycles. The van der Waals surface area contributed by atoms with Gasteiger partial charge in [0.1, 0.15) is 0 Å². The maximum atomic E-state index is 6.56. The number of allylic oxidation sites excluding steroid dienone is 1. The van der Waals surface area contributed by atoms with Crippen molar-refractivity contribution in [3.63, 3.8) is 0 Å². The third kappa shape index (κ3) is 4.74. The zero-order valence-corrected chi connectivity index (χ0v) is 24.2. The molecule has 0 amide bonds. The van der Waals surface area contributed by atoms with E-state index in [-0.39, 0.29) is 0 Å². The Bertz CT molecular complexity index is 2040. The highest BCUT2D eigenvalue weighted by atomic mass is 32.1. The van der Waals surface area contributed by atoms with Crippen molar-refractivity contribution in [1.29, 1.82) is 0 Å². The molecule has 0 aliphatic carbocycles. The Morgan fingerprint density at radius 2 is 1.17 bits per heavy atom. The Kier molecular flexibility index (Phi) is 6.79. The predicted octanol–water partition coefficient (Wildman–Crippen LogP) is 11.5. The van der Waals surface area contributed by atoms with Gasteiger partial charge in [-0.05, 0) is 82.4 Å². The lowest BCUT2D eigenvalue weighted by Crippen LogP contribution is -2.10. The lowest BCUT2D eigenvalue weighted by atomic mass is 10.00. The quantitative estimate of drug-likeness (QED) is 0.220. The highest BCUT2D eigenvalue weighted by Gasteiger charge is 2.20. The molecule has 1 heterocycles. The van der Waals surface area contributed by atoms with E-state index in [0.717, 1.165) is 27.6 Å². The molecular weight excluding hydrogens is 529 g/mol. The molecule has 2 N–H and O–H groups in total. The number of anilines is 4. The fraction of sp³-hybridized carbons (Fsp3) is 0.0256. The molecule has 0 radical (unpaired) electrons. The van der Waals surface area contributed by atoms with Crippen molar-refractivity contribution in [2.24, 2.45) is 0 Å². The van der Waals surface area contributed by atoms with E-state index in [1.54, 1.807) is 11.3 Å². The number of hydrogen-bond acceptors (Lipinski definition) is 3. The number of fused-ring (bicyclic) bond motifs is 2. The molecule has 42 heavy (non-hydrogen) atoms. The van der Waals surface area contributed by atoms with Gasteiger partial charge >= 0.3 is 0 Å². The third-order valence-corrected chi connectivity index (χ3v) is 8.75. The standard InChI is InChI=1S/C39H30N2S/c1-2-10-35-38-36(15-9-16-37(38)42-39(35)40)41(33-22-19-29(20-23-33)27-11-5-3-6-12-27)34-24-21-31-25-30(17-18-32(31)26-34)28-13-7-4-8-14-28/h2-26H,40H2,1H3/b10-2-. The first kappa shape index (κ1) is 25.8. The molecule has 2 nitrogen and oxygen atoms in total. The molecule has 0 saturated carbocycles. The Hall–Kier alpha value is -5.12. The van der Waals surface area contributed by atoms with Crippen LogP contribution in [0.25, 0.3) is 49.2 Å². The Labute approximate surface area is 250 Å². The number of thiophene rings is 1. The van der Waals surface area contributed by atoms with Crippen LogP contribution in [0.2, 0.25) is 0 Å². The molecule has 6 aromatic carbocycles. The molecule has 0 atom stereocenters. The second-order valence-electron chi connectivity index (χ2n) is 10.4. The van der Waals surface area contributed by atoms with E-state index < -0.39 is 0 Å². The van der Waals surface area contributed by atoms with Gasteiger partial charge in [0.05, 0.1) is 10.7 Å². The van der Waals surface area contributed by atoms with E-state index in [1.165, 1.54) is 43.1 Å². The van der Waals surface area contributed by atoms with E-state index in [4.69, 9.17) is 5.73 Å². The fourth-order valence-corrected chi connectivity index (χ4v) is 6.71. The lowest BCUT2D eigenvalue weighted by Gasteiger charge is -2.27. The van der Waals surface area contributed by atoms with Crippen molar-refractivity contribution < 1.29 is 0 Å². The van der Waals surface area contributed by atoms with E-state index >= 15 is 0 Å². The summed E-state index contributed by atoms with van der Waals surface area (Å²) >= 11 is 1.64. The van der Waals surface area contributed by atoms with E-state index in [9.17, 15) is 0 Å². The zero-order valence-electron chi connectivity index (χ0n) is 23.4. The van der Waals surface area contributed by atoms with Crippen molar-refractivity contribution >= 4 is 60.3 Å². The highest BCUT2D eigenvalue weighted by Crippen LogP contribution is 2.46. The molecule has 0 spiro atoms. The van der Waals surface area contributed by atoms with Crippen LogP contribution in [0.4, 0.5) is 22.1 Å². The topological polar surface area (TPSA) is 29.3 Å². The summed E-state index contributed by atoms with van der Waals surface area (Å²) in [5.41, 5.74) is 15.8. The number of nitrogens with two attached hydrogens (primary N) is 1. The second kappa shape index (κ2) is 11.0. The van der Waals surface area contributed by atoms with Crippen LogP contribution < -0.4 is 10.6 Å². The van der Waals surface area contributed by atoms with Crippen molar-refractivity contribution in [1.82, 2.24) is 0 Å². The van der Waals surface area contributed by atoms with Crippen LogP contribution in [0.15, 0.2) is 146 Å². The van der Waals surface area contributed by atoms with Gasteiger partial charge in [0.25, 0.3) is 0 Å². The molecule has 0 fully saturated rings. The van der Waals surface area contributed by atoms with Gasteiger partial charge in [-0.3, -0.25) is 0 Å². The molecular formula is C39H30N2S. The fourth-order valence-electron chi connectivity index (χ4n) is 5.73. The number of nitrogen functional groups attached to an aromatic ring is 1. The SMILES string of the molecule is C/C=C\c1c(N)sc2cccc(N(c3ccc(-c4ccccc4)cc3)c3ccc4cc(-c5ccccc5)ccc4c3)c12. The number of benzene rings is 6. The molecule has 0 aliphatic rings. The summed E-state index contributed by atoms with van der Waals surface area (Å²) in [5, 5.41) is 4.42. The van der Waals surface area contributed by atoms with Crippen LogP contribution in [0, 0.1) is 0 Å². The maximum Gasteiger partial charge on any atom is 0.0943 e. The summed E-state index contributed by atoms with van der Waals surface area (Å²) in [6.07, 6.45) is 4.19. The van der Waals surface area contributed by atoms with Crippen LogP contribution in [0.1, 0.15) is 12.5 Å². The van der Waals surface area contributed by atoms with Gasteiger partial charge in [0, 0.05) is 27.0 Å². The van der Waals surface area contributed by atoms with Crippen LogP contribution in [-0.2, 0) is 0 Å². The number of nitrogens with zero attached hydrogens (tertiary/aromatic N) is 1. The summed E-state index contributed by atoms with van der Waals surface area (Å²) < 4.78 is 1.18. The Morgan fingerprint density at radius 3 is 1.88 bits per heavy atom. The largest absolute Gasteiger partial charge is 0.390 e. The smallest absolute Gasteiger partial charge is 0.0943 e. The van der Waals surface area contributed by atoms with Gasteiger partial charge in [-0.1, -0.05) is 109 Å². The molecule has 0 saturated heterocycles. The van der Waals surface area contributed by atoms with E-state index in [1.807, 2.05) is 6.92 Å². The predicted molar refractivity (Wildman–Crippen MR) is 184 cm³/mol. The molecule has 202 valence electrons. The van der Waals surface area contributed by atoms with Gasteiger partial charge in [0.2, 0.25) is 0 Å². The van der Waals surface area contributed by atoms with Crippen LogP contribution >= 0.6 is 11.3 Å². The molecule has 0 aliphatic heterocycles. The minimum absolute atomic E-state index is 0.835.